The summed E-state index contributed by atoms with van der Waals surface area (Å²) < 4.78 is 99.0. The Morgan fingerprint density at radius 1 is 0.895 bits per heavy atom. The van der Waals surface area contributed by atoms with Crippen molar-refractivity contribution in [3.05, 3.63) is 30.1 Å². The Hall–Kier alpha value is -1.04. The van der Waals surface area contributed by atoms with Crippen molar-refractivity contribution < 1.29 is 35.3 Å². The van der Waals surface area contributed by atoms with Gasteiger partial charge < -0.3 is 4.57 Å². The normalized spacial score (nSPS) is 13.6. The van der Waals surface area contributed by atoms with Crippen molar-refractivity contribution in [3.8, 4) is 0 Å². The molecular weight excluding hydrogens is 300 g/mol. The van der Waals surface area contributed by atoms with Crippen molar-refractivity contribution >= 4 is 12.4 Å². The van der Waals surface area contributed by atoms with Crippen molar-refractivity contribution in [1.29, 1.82) is 0 Å². The molecule has 1 rings (SSSR count). The average molecular weight is 308 g/mol. The lowest BCUT2D eigenvalue weighted by Gasteiger charge is -2.21. The molecular formula is C10H8F7OP. The lowest BCUT2D eigenvalue weighted by molar-refractivity contribution is -0.112. The molecule has 0 amide bonds. The molecule has 9 heteroatoms. The molecule has 19 heavy (non-hydrogen) atoms. The summed E-state index contributed by atoms with van der Waals surface area (Å²) in [5.74, 6) is -1.33. The first kappa shape index (κ1) is 16.0. The highest BCUT2D eigenvalue weighted by Gasteiger charge is 2.47. The molecule has 0 aliphatic carbocycles. The van der Waals surface area contributed by atoms with Crippen LogP contribution in [0.2, 0.25) is 0 Å². The summed E-state index contributed by atoms with van der Waals surface area (Å²) in [7, 11) is -4.98. The monoisotopic (exact) mass is 308 g/mol. The minimum absolute atomic E-state index is 0.675. The molecule has 0 aliphatic rings. The number of benzene rings is 1. The van der Waals surface area contributed by atoms with Crippen molar-refractivity contribution in [2.75, 3.05) is 12.3 Å². The van der Waals surface area contributed by atoms with E-state index < -0.39 is 42.9 Å². The molecule has 0 saturated heterocycles. The third-order valence-corrected chi connectivity index (χ3v) is 5.14. The van der Waals surface area contributed by atoms with Gasteiger partial charge in [-0.1, -0.05) is 12.1 Å². The summed E-state index contributed by atoms with van der Waals surface area (Å²) in [6.45, 7) is 0. The van der Waals surface area contributed by atoms with Gasteiger partial charge in [0.25, 0.3) is 0 Å². The fourth-order valence-electron chi connectivity index (χ4n) is 1.59. The van der Waals surface area contributed by atoms with Gasteiger partial charge in [0.05, 0.1) is 0 Å². The van der Waals surface area contributed by atoms with Gasteiger partial charge in [-0.15, -0.1) is 0 Å². The Balaban J connectivity index is 3.28. The summed E-state index contributed by atoms with van der Waals surface area (Å²) in [4.78, 5) is 0. The Bertz CT molecular complexity index is 471. The van der Waals surface area contributed by atoms with Crippen LogP contribution in [0.5, 0.6) is 0 Å². The second kappa shape index (κ2) is 5.15. The molecule has 1 nitrogen and oxygen atoms in total. The molecule has 108 valence electrons. The van der Waals surface area contributed by atoms with Gasteiger partial charge >= 0.3 is 12.4 Å². The molecule has 0 spiro atoms. The highest BCUT2D eigenvalue weighted by molar-refractivity contribution is 7.71. The topological polar surface area (TPSA) is 17.1 Å². The molecule has 0 bridgehead atoms. The highest BCUT2D eigenvalue weighted by atomic mass is 31.2. The smallest absolute Gasteiger partial charge is 0.318 e. The van der Waals surface area contributed by atoms with Crippen LogP contribution >= 0.6 is 7.14 Å². The molecule has 1 aromatic rings. The van der Waals surface area contributed by atoms with Crippen LogP contribution < -0.4 is 5.30 Å². The fraction of sp³-hybridized carbons (Fsp3) is 0.400. The third-order valence-electron chi connectivity index (χ3n) is 2.16. The first-order chi connectivity index (χ1) is 8.43. The van der Waals surface area contributed by atoms with Crippen molar-refractivity contribution in [2.45, 2.75) is 12.4 Å². The minimum Gasteiger partial charge on any atom is -0.318 e. The van der Waals surface area contributed by atoms with Crippen molar-refractivity contribution in [2.24, 2.45) is 0 Å². The Morgan fingerprint density at radius 2 is 1.32 bits per heavy atom. The van der Waals surface area contributed by atoms with Crippen LogP contribution in [0.15, 0.2) is 24.3 Å². The predicted octanol–water partition coefficient (Wildman–Crippen LogP) is 3.94. The van der Waals surface area contributed by atoms with Gasteiger partial charge in [-0.25, -0.2) is 4.39 Å². The van der Waals surface area contributed by atoms with Crippen LogP contribution in [0.1, 0.15) is 0 Å². The van der Waals surface area contributed by atoms with Gasteiger partial charge in [-0.2, -0.15) is 26.3 Å². The quantitative estimate of drug-likeness (QED) is 0.610. The maximum atomic E-state index is 13.3. The second-order valence-electron chi connectivity index (χ2n) is 3.89. The Morgan fingerprint density at radius 3 is 1.68 bits per heavy atom. The largest absolute Gasteiger partial charge is 0.396 e. The number of hydrogen-bond acceptors (Lipinski definition) is 1. The van der Waals surface area contributed by atoms with Crippen LogP contribution in [0.4, 0.5) is 30.7 Å². The van der Waals surface area contributed by atoms with Crippen molar-refractivity contribution in [1.82, 2.24) is 0 Å². The van der Waals surface area contributed by atoms with Crippen LogP contribution in [-0.2, 0) is 4.57 Å². The lowest BCUT2D eigenvalue weighted by Crippen LogP contribution is -2.28. The highest BCUT2D eigenvalue weighted by Crippen LogP contribution is 2.52. The van der Waals surface area contributed by atoms with Gasteiger partial charge in [-0.3, -0.25) is 0 Å². The third kappa shape index (κ3) is 4.86. The fourth-order valence-corrected chi connectivity index (χ4v) is 4.02. The maximum absolute atomic E-state index is 13.3. The Labute approximate surface area is 103 Å². The summed E-state index contributed by atoms with van der Waals surface area (Å²) >= 11 is 0. The molecule has 0 saturated carbocycles. The van der Waals surface area contributed by atoms with Gasteiger partial charge in [0.15, 0.2) is 0 Å². The second-order valence-corrected chi connectivity index (χ2v) is 6.78. The van der Waals surface area contributed by atoms with E-state index in [1.165, 1.54) is 0 Å². The SMILES string of the molecule is O=P(CC(F)(F)F)(CC(F)(F)F)c1ccccc1F. The summed E-state index contributed by atoms with van der Waals surface area (Å²) in [6, 6.07) is 3.49. The number of halogens is 7. The zero-order valence-corrected chi connectivity index (χ0v) is 10.1. The molecule has 0 N–H and O–H groups in total. The standard InChI is InChI=1S/C10H8F7OP/c11-7-3-1-2-4-8(7)19(18,5-9(12,13)14)6-10(15,16)17/h1-4H,5-6H2. The van der Waals surface area contributed by atoms with Crippen LogP contribution in [-0.4, -0.2) is 24.7 Å². The molecule has 0 heterocycles. The van der Waals surface area contributed by atoms with E-state index in [2.05, 4.69) is 0 Å². The van der Waals surface area contributed by atoms with Gasteiger partial charge in [0.1, 0.15) is 25.3 Å². The maximum Gasteiger partial charge on any atom is 0.396 e. The van der Waals surface area contributed by atoms with Crippen LogP contribution in [0, 0.1) is 5.82 Å². The number of alkyl halides is 6. The molecule has 0 radical (unpaired) electrons. The van der Waals surface area contributed by atoms with Crippen LogP contribution in [0.3, 0.4) is 0 Å². The number of hydrogen-bond donors (Lipinski definition) is 0. The molecule has 0 atom stereocenters. The van der Waals surface area contributed by atoms with E-state index in [0.29, 0.717) is 12.1 Å². The van der Waals surface area contributed by atoms with E-state index in [9.17, 15) is 35.3 Å². The van der Waals surface area contributed by atoms with Gasteiger partial charge in [-0.05, 0) is 12.1 Å². The molecule has 1 aromatic carbocycles. The van der Waals surface area contributed by atoms with E-state index in [1.54, 1.807) is 0 Å². The van der Waals surface area contributed by atoms with Crippen LogP contribution in [0.25, 0.3) is 0 Å². The lowest BCUT2D eigenvalue weighted by atomic mass is 10.3. The van der Waals surface area contributed by atoms with Gasteiger partial charge in [0, 0.05) is 5.30 Å². The van der Waals surface area contributed by atoms with E-state index in [0.717, 1.165) is 12.1 Å². The molecule has 0 fully saturated rings. The van der Waals surface area contributed by atoms with E-state index in [-0.39, 0.29) is 0 Å². The minimum atomic E-state index is -5.08. The summed E-state index contributed by atoms with van der Waals surface area (Å²) in [6.07, 6.45) is -14.5. The Kier molecular flexibility index (Phi) is 4.34. The number of rotatable bonds is 3. The van der Waals surface area contributed by atoms with Crippen molar-refractivity contribution in [3.63, 3.8) is 0 Å². The molecule has 0 unspecified atom stereocenters. The summed E-state index contributed by atoms with van der Waals surface area (Å²) in [5, 5.41) is -1.02. The average Bonchev–Trinajstić information content (AvgIpc) is 2.11. The molecule has 0 aliphatic heterocycles. The first-order valence-electron chi connectivity index (χ1n) is 4.90. The van der Waals surface area contributed by atoms with Gasteiger partial charge in [0.2, 0.25) is 0 Å². The first-order valence-corrected chi connectivity index (χ1v) is 6.97. The summed E-state index contributed by atoms with van der Waals surface area (Å²) in [5.41, 5.74) is 0. The zero-order chi connectivity index (χ0) is 14.9. The van der Waals surface area contributed by atoms with E-state index in [4.69, 9.17) is 0 Å². The van der Waals surface area contributed by atoms with E-state index in [1.807, 2.05) is 0 Å². The predicted molar refractivity (Wildman–Crippen MR) is 55.5 cm³/mol. The van der Waals surface area contributed by atoms with E-state index >= 15 is 0 Å². The molecule has 0 aromatic heterocycles. The zero-order valence-electron chi connectivity index (χ0n) is 9.22.